The van der Waals surface area contributed by atoms with Crippen molar-refractivity contribution in [2.24, 2.45) is 11.8 Å². The second kappa shape index (κ2) is 4.82. The topological polar surface area (TPSA) is 80.9 Å². The first kappa shape index (κ1) is 13.5. The minimum Gasteiger partial charge on any atom is -0.479 e. The maximum Gasteiger partial charge on any atom is 0.331 e. The third-order valence-electron chi connectivity index (χ3n) is 5.42. The van der Waals surface area contributed by atoms with Crippen LogP contribution in [0.25, 0.3) is 0 Å². The summed E-state index contributed by atoms with van der Waals surface area (Å²) in [5.74, 6) is 1.69. The fourth-order valence-corrected chi connectivity index (χ4v) is 4.02. The van der Waals surface area contributed by atoms with E-state index in [4.69, 9.17) is 0 Å². The van der Waals surface area contributed by atoms with Gasteiger partial charge in [-0.25, -0.2) is 9.48 Å². The molecule has 0 saturated heterocycles. The van der Waals surface area contributed by atoms with Gasteiger partial charge in [-0.3, -0.25) is 0 Å². The molecule has 2 atom stereocenters. The Bertz CT molecular complexity index is 497. The SMILES string of the molecule is CCC(CC)(C(=O)O)n1nnnc1C1C2CCCCC21. The fourth-order valence-electron chi connectivity index (χ4n) is 4.02. The third kappa shape index (κ3) is 1.77. The highest BCUT2D eigenvalue weighted by molar-refractivity contribution is 5.76. The Labute approximate surface area is 118 Å². The normalized spacial score (nSPS) is 29.0. The molecule has 0 radical (unpaired) electrons. The lowest BCUT2D eigenvalue weighted by atomic mass is 9.93. The number of hydrogen-bond donors (Lipinski definition) is 1. The summed E-state index contributed by atoms with van der Waals surface area (Å²) in [5, 5.41) is 21.7. The molecule has 1 N–H and O–H groups in total. The summed E-state index contributed by atoms with van der Waals surface area (Å²) in [4.78, 5) is 11.8. The van der Waals surface area contributed by atoms with E-state index in [1.54, 1.807) is 4.68 Å². The number of rotatable bonds is 5. The zero-order valence-corrected chi connectivity index (χ0v) is 12.1. The zero-order chi connectivity index (χ0) is 14.3. The molecule has 0 amide bonds. The van der Waals surface area contributed by atoms with Gasteiger partial charge in [0.2, 0.25) is 0 Å². The molecule has 6 nitrogen and oxygen atoms in total. The average molecular weight is 278 g/mol. The fraction of sp³-hybridized carbons (Fsp3) is 0.857. The van der Waals surface area contributed by atoms with Crippen molar-refractivity contribution < 1.29 is 9.90 Å². The highest BCUT2D eigenvalue weighted by atomic mass is 16.4. The molecule has 0 spiro atoms. The van der Waals surface area contributed by atoms with Crippen molar-refractivity contribution in [2.75, 3.05) is 0 Å². The summed E-state index contributed by atoms with van der Waals surface area (Å²) in [5.41, 5.74) is -0.995. The molecule has 110 valence electrons. The molecule has 3 rings (SSSR count). The van der Waals surface area contributed by atoms with Crippen LogP contribution in [0.15, 0.2) is 0 Å². The summed E-state index contributed by atoms with van der Waals surface area (Å²) in [6.45, 7) is 3.78. The zero-order valence-electron chi connectivity index (χ0n) is 12.1. The van der Waals surface area contributed by atoms with Crippen molar-refractivity contribution >= 4 is 5.97 Å². The molecule has 2 saturated carbocycles. The highest BCUT2D eigenvalue weighted by Gasteiger charge is 2.55. The molecule has 0 aromatic carbocycles. The number of fused-ring (bicyclic) bond motifs is 1. The van der Waals surface area contributed by atoms with Gasteiger partial charge in [0, 0.05) is 5.92 Å². The van der Waals surface area contributed by atoms with E-state index in [2.05, 4.69) is 15.5 Å². The summed E-state index contributed by atoms with van der Waals surface area (Å²) in [6, 6.07) is 0. The van der Waals surface area contributed by atoms with Crippen LogP contribution in [0.2, 0.25) is 0 Å². The van der Waals surface area contributed by atoms with E-state index in [1.807, 2.05) is 13.8 Å². The lowest BCUT2D eigenvalue weighted by Crippen LogP contribution is -2.42. The van der Waals surface area contributed by atoms with E-state index in [1.165, 1.54) is 25.7 Å². The Morgan fingerprint density at radius 3 is 2.40 bits per heavy atom. The van der Waals surface area contributed by atoms with Crippen LogP contribution < -0.4 is 0 Å². The second-order valence-corrected chi connectivity index (χ2v) is 6.13. The smallest absolute Gasteiger partial charge is 0.331 e. The van der Waals surface area contributed by atoms with Gasteiger partial charge in [-0.05, 0) is 47.9 Å². The lowest BCUT2D eigenvalue weighted by Gasteiger charge is -2.27. The predicted molar refractivity (Wildman–Crippen MR) is 72.2 cm³/mol. The Hall–Kier alpha value is -1.46. The maximum absolute atomic E-state index is 11.8. The van der Waals surface area contributed by atoms with Crippen LogP contribution in [0.3, 0.4) is 0 Å². The molecular formula is C14H22N4O2. The van der Waals surface area contributed by atoms with Crippen molar-refractivity contribution in [1.29, 1.82) is 0 Å². The van der Waals surface area contributed by atoms with Gasteiger partial charge >= 0.3 is 5.97 Å². The molecule has 1 aromatic heterocycles. The summed E-state index contributed by atoms with van der Waals surface area (Å²) < 4.78 is 1.61. The van der Waals surface area contributed by atoms with Gasteiger partial charge in [0.1, 0.15) is 0 Å². The van der Waals surface area contributed by atoms with Gasteiger partial charge in [-0.2, -0.15) is 0 Å². The molecule has 20 heavy (non-hydrogen) atoms. The van der Waals surface area contributed by atoms with E-state index >= 15 is 0 Å². The molecule has 1 heterocycles. The Balaban J connectivity index is 1.96. The van der Waals surface area contributed by atoms with E-state index in [-0.39, 0.29) is 0 Å². The van der Waals surface area contributed by atoms with Crippen LogP contribution >= 0.6 is 0 Å². The number of aromatic nitrogens is 4. The largest absolute Gasteiger partial charge is 0.479 e. The highest BCUT2D eigenvalue weighted by Crippen LogP contribution is 2.61. The van der Waals surface area contributed by atoms with Crippen molar-refractivity contribution in [3.8, 4) is 0 Å². The first-order valence-electron chi connectivity index (χ1n) is 7.68. The molecule has 2 aliphatic carbocycles. The van der Waals surface area contributed by atoms with E-state index in [0.29, 0.717) is 30.6 Å². The monoisotopic (exact) mass is 278 g/mol. The Morgan fingerprint density at radius 2 is 1.90 bits per heavy atom. The number of tetrazole rings is 1. The second-order valence-electron chi connectivity index (χ2n) is 6.13. The van der Waals surface area contributed by atoms with Crippen molar-refractivity contribution in [3.05, 3.63) is 5.82 Å². The summed E-state index contributed by atoms with van der Waals surface area (Å²) in [6.07, 6.45) is 6.04. The number of carboxylic acids is 1. The first-order chi connectivity index (χ1) is 9.65. The van der Waals surface area contributed by atoms with Gasteiger partial charge in [0.15, 0.2) is 11.4 Å². The summed E-state index contributed by atoms with van der Waals surface area (Å²) in [7, 11) is 0. The Morgan fingerprint density at radius 1 is 1.30 bits per heavy atom. The standard InChI is InChI=1S/C14H22N4O2/c1-3-14(4-2,13(19)20)18-12(15-16-17-18)11-9-7-5-6-8-10(9)11/h9-11H,3-8H2,1-2H3,(H,19,20). The van der Waals surface area contributed by atoms with Gasteiger partial charge < -0.3 is 5.11 Å². The van der Waals surface area contributed by atoms with Crippen LogP contribution in [0.4, 0.5) is 0 Å². The number of hydrogen-bond acceptors (Lipinski definition) is 4. The first-order valence-corrected chi connectivity index (χ1v) is 7.68. The minimum atomic E-state index is -0.995. The number of carboxylic acid groups (broad SMARTS) is 1. The average Bonchev–Trinajstić information content (AvgIpc) is 2.99. The molecule has 2 aliphatic rings. The molecule has 2 unspecified atom stereocenters. The van der Waals surface area contributed by atoms with Crippen LogP contribution in [0.1, 0.15) is 64.1 Å². The molecule has 0 aliphatic heterocycles. The lowest BCUT2D eigenvalue weighted by molar-refractivity contribution is -0.148. The van der Waals surface area contributed by atoms with E-state index in [0.717, 1.165) is 5.82 Å². The maximum atomic E-state index is 11.8. The van der Waals surface area contributed by atoms with Crippen molar-refractivity contribution in [1.82, 2.24) is 20.2 Å². The van der Waals surface area contributed by atoms with Crippen LogP contribution in [-0.2, 0) is 10.3 Å². The van der Waals surface area contributed by atoms with Crippen LogP contribution in [-0.4, -0.2) is 31.3 Å². The van der Waals surface area contributed by atoms with Gasteiger partial charge in [0.05, 0.1) is 0 Å². The van der Waals surface area contributed by atoms with Crippen LogP contribution in [0.5, 0.6) is 0 Å². The van der Waals surface area contributed by atoms with Crippen molar-refractivity contribution in [2.45, 2.75) is 63.8 Å². The van der Waals surface area contributed by atoms with E-state index in [9.17, 15) is 9.90 Å². The third-order valence-corrected chi connectivity index (χ3v) is 5.42. The summed E-state index contributed by atoms with van der Waals surface area (Å²) >= 11 is 0. The molecule has 0 bridgehead atoms. The molecule has 1 aromatic rings. The number of carbonyl (C=O) groups is 1. The predicted octanol–water partition coefficient (Wildman–Crippen LogP) is 2.18. The number of aliphatic carboxylic acids is 1. The van der Waals surface area contributed by atoms with Gasteiger partial charge in [0.25, 0.3) is 0 Å². The molecule has 6 heteroatoms. The van der Waals surface area contributed by atoms with Crippen molar-refractivity contribution in [3.63, 3.8) is 0 Å². The van der Waals surface area contributed by atoms with E-state index < -0.39 is 11.5 Å². The molecule has 2 fully saturated rings. The van der Waals surface area contributed by atoms with Crippen LogP contribution in [0, 0.1) is 11.8 Å². The quantitative estimate of drug-likeness (QED) is 0.892. The van der Waals surface area contributed by atoms with Gasteiger partial charge in [-0.15, -0.1) is 5.10 Å². The number of nitrogens with zero attached hydrogens (tertiary/aromatic N) is 4. The van der Waals surface area contributed by atoms with Gasteiger partial charge in [-0.1, -0.05) is 26.7 Å². The Kier molecular flexibility index (Phi) is 3.26. The minimum absolute atomic E-state index is 0.379. The molecular weight excluding hydrogens is 256 g/mol.